The van der Waals surface area contributed by atoms with Crippen molar-refractivity contribution in [2.24, 2.45) is 5.73 Å². The lowest BCUT2D eigenvalue weighted by Crippen LogP contribution is -2.14. The molecule has 0 saturated heterocycles. The van der Waals surface area contributed by atoms with Crippen LogP contribution < -0.4 is 5.73 Å². The largest absolute Gasteiger partial charge is 0.416 e. The molecule has 112 valence electrons. The summed E-state index contributed by atoms with van der Waals surface area (Å²) in [6.07, 6.45) is -3.95. The topological polar surface area (TPSA) is 26.0 Å². The molecule has 0 spiro atoms. The van der Waals surface area contributed by atoms with E-state index in [9.17, 15) is 17.6 Å². The first-order chi connectivity index (χ1) is 9.77. The minimum absolute atomic E-state index is 0.305. The Bertz CT molecular complexity index is 617. The molecule has 0 aliphatic rings. The Balaban J connectivity index is 2.12. The van der Waals surface area contributed by atoms with E-state index in [2.05, 4.69) is 0 Å². The van der Waals surface area contributed by atoms with Gasteiger partial charge in [-0.15, -0.1) is 0 Å². The van der Waals surface area contributed by atoms with Gasteiger partial charge in [-0.25, -0.2) is 4.39 Å². The molecule has 1 unspecified atom stereocenters. The molecule has 5 heteroatoms. The highest BCUT2D eigenvalue weighted by molar-refractivity contribution is 5.30. The van der Waals surface area contributed by atoms with Crippen molar-refractivity contribution in [1.82, 2.24) is 0 Å². The Morgan fingerprint density at radius 2 is 1.67 bits per heavy atom. The van der Waals surface area contributed by atoms with Crippen LogP contribution in [0.5, 0.6) is 0 Å². The van der Waals surface area contributed by atoms with Gasteiger partial charge in [0.15, 0.2) is 0 Å². The summed E-state index contributed by atoms with van der Waals surface area (Å²) >= 11 is 0. The summed E-state index contributed by atoms with van der Waals surface area (Å²) in [5.41, 5.74) is 7.30. The Morgan fingerprint density at radius 3 is 2.19 bits per heavy atom. The molecule has 1 nitrogen and oxygen atoms in total. The van der Waals surface area contributed by atoms with Crippen molar-refractivity contribution < 1.29 is 17.6 Å². The van der Waals surface area contributed by atoms with E-state index >= 15 is 0 Å². The number of rotatable bonds is 3. The van der Waals surface area contributed by atoms with Gasteiger partial charge in [-0.05, 0) is 48.2 Å². The molecular weight excluding hydrogens is 282 g/mol. The summed E-state index contributed by atoms with van der Waals surface area (Å²) in [5.74, 6) is -0.305. The fraction of sp³-hybridized carbons (Fsp3) is 0.250. The van der Waals surface area contributed by atoms with Crippen LogP contribution in [0.1, 0.15) is 28.3 Å². The first kappa shape index (κ1) is 15.5. The molecular formula is C16H15F4N. The zero-order chi connectivity index (χ0) is 15.6. The van der Waals surface area contributed by atoms with E-state index in [1.165, 1.54) is 18.2 Å². The highest BCUT2D eigenvalue weighted by Crippen LogP contribution is 2.29. The lowest BCUT2D eigenvalue weighted by molar-refractivity contribution is -0.137. The van der Waals surface area contributed by atoms with E-state index < -0.39 is 11.7 Å². The predicted molar refractivity (Wildman–Crippen MR) is 73.2 cm³/mol. The third kappa shape index (κ3) is 3.82. The minimum atomic E-state index is -4.34. The summed E-state index contributed by atoms with van der Waals surface area (Å²) in [4.78, 5) is 0. The predicted octanol–water partition coefficient (Wildman–Crippen LogP) is 4.40. The quantitative estimate of drug-likeness (QED) is 0.835. The van der Waals surface area contributed by atoms with Crippen molar-refractivity contribution >= 4 is 0 Å². The van der Waals surface area contributed by atoms with Crippen LogP contribution in [0.4, 0.5) is 17.6 Å². The highest BCUT2D eigenvalue weighted by atomic mass is 19.4. The van der Waals surface area contributed by atoms with E-state index in [0.29, 0.717) is 17.5 Å². The molecule has 0 amide bonds. The van der Waals surface area contributed by atoms with Gasteiger partial charge >= 0.3 is 6.18 Å². The van der Waals surface area contributed by atoms with Crippen LogP contribution in [0.15, 0.2) is 42.5 Å². The minimum Gasteiger partial charge on any atom is -0.324 e. The molecule has 0 radical (unpaired) electrons. The molecule has 2 N–H and O–H groups in total. The number of aryl methyl sites for hydroxylation is 1. The van der Waals surface area contributed by atoms with Gasteiger partial charge in [-0.3, -0.25) is 0 Å². The SMILES string of the molecule is Cc1cc(C(N)Cc2ccc(C(F)(F)F)cc2)ccc1F. The number of nitrogens with two attached hydrogens (primary N) is 1. The molecule has 2 aromatic carbocycles. The third-order valence-corrected chi connectivity index (χ3v) is 3.35. The van der Waals surface area contributed by atoms with Gasteiger partial charge in [0.05, 0.1) is 5.56 Å². The average molecular weight is 297 g/mol. The van der Waals surface area contributed by atoms with Gasteiger partial charge < -0.3 is 5.73 Å². The number of alkyl halides is 3. The van der Waals surface area contributed by atoms with E-state index in [-0.39, 0.29) is 11.9 Å². The van der Waals surface area contributed by atoms with Gasteiger partial charge in [0.1, 0.15) is 5.82 Å². The summed E-state index contributed by atoms with van der Waals surface area (Å²) in [5, 5.41) is 0. The van der Waals surface area contributed by atoms with Crippen LogP contribution in [0.2, 0.25) is 0 Å². The monoisotopic (exact) mass is 297 g/mol. The normalized spacial score (nSPS) is 13.2. The van der Waals surface area contributed by atoms with Crippen molar-refractivity contribution in [2.45, 2.75) is 25.6 Å². The fourth-order valence-electron chi connectivity index (χ4n) is 2.10. The van der Waals surface area contributed by atoms with E-state index in [1.54, 1.807) is 19.1 Å². The van der Waals surface area contributed by atoms with Crippen molar-refractivity contribution in [2.75, 3.05) is 0 Å². The second-order valence-corrected chi connectivity index (χ2v) is 5.01. The van der Waals surface area contributed by atoms with Gasteiger partial charge in [-0.1, -0.05) is 24.3 Å². The standard InChI is InChI=1S/C16H15F4N/c1-10-8-12(4-7-14(10)17)15(21)9-11-2-5-13(6-3-11)16(18,19)20/h2-8,15H,9,21H2,1H3. The number of benzene rings is 2. The zero-order valence-electron chi connectivity index (χ0n) is 11.4. The molecule has 0 fully saturated rings. The van der Waals surface area contributed by atoms with Gasteiger partial charge in [0.2, 0.25) is 0 Å². The van der Waals surface area contributed by atoms with Crippen molar-refractivity contribution in [3.8, 4) is 0 Å². The smallest absolute Gasteiger partial charge is 0.324 e. The van der Waals surface area contributed by atoms with Crippen LogP contribution in [0.3, 0.4) is 0 Å². The van der Waals surface area contributed by atoms with E-state index in [0.717, 1.165) is 17.7 Å². The molecule has 21 heavy (non-hydrogen) atoms. The number of halogens is 4. The molecule has 1 atom stereocenters. The van der Waals surface area contributed by atoms with Crippen LogP contribution >= 0.6 is 0 Å². The zero-order valence-corrected chi connectivity index (χ0v) is 11.4. The molecule has 0 saturated carbocycles. The maximum absolute atomic E-state index is 13.2. The van der Waals surface area contributed by atoms with E-state index in [1.807, 2.05) is 0 Å². The Kier molecular flexibility index (Phi) is 4.32. The number of hydrogen-bond donors (Lipinski definition) is 1. The fourth-order valence-corrected chi connectivity index (χ4v) is 2.10. The lowest BCUT2D eigenvalue weighted by atomic mass is 9.97. The summed E-state index contributed by atoms with van der Waals surface area (Å²) in [6.45, 7) is 1.64. The second-order valence-electron chi connectivity index (χ2n) is 5.01. The third-order valence-electron chi connectivity index (χ3n) is 3.35. The van der Waals surface area contributed by atoms with Gasteiger partial charge in [0.25, 0.3) is 0 Å². The molecule has 0 heterocycles. The molecule has 0 aliphatic carbocycles. The molecule has 2 rings (SSSR count). The molecule has 0 aliphatic heterocycles. The average Bonchev–Trinajstić information content (AvgIpc) is 2.41. The summed E-state index contributed by atoms with van der Waals surface area (Å²) in [7, 11) is 0. The Morgan fingerprint density at radius 1 is 1.05 bits per heavy atom. The van der Waals surface area contributed by atoms with Crippen LogP contribution in [0, 0.1) is 12.7 Å². The van der Waals surface area contributed by atoms with Gasteiger partial charge in [0, 0.05) is 6.04 Å². The van der Waals surface area contributed by atoms with Crippen LogP contribution in [-0.4, -0.2) is 0 Å². The lowest BCUT2D eigenvalue weighted by Gasteiger charge is -2.14. The second kappa shape index (κ2) is 5.85. The summed E-state index contributed by atoms with van der Waals surface area (Å²) in [6, 6.07) is 9.12. The van der Waals surface area contributed by atoms with Crippen molar-refractivity contribution in [3.63, 3.8) is 0 Å². The van der Waals surface area contributed by atoms with Crippen LogP contribution in [-0.2, 0) is 12.6 Å². The molecule has 0 aromatic heterocycles. The maximum atomic E-state index is 13.2. The highest BCUT2D eigenvalue weighted by Gasteiger charge is 2.29. The maximum Gasteiger partial charge on any atom is 0.416 e. The first-order valence-corrected chi connectivity index (χ1v) is 6.45. The number of hydrogen-bond acceptors (Lipinski definition) is 1. The molecule has 2 aromatic rings. The Labute approximate surface area is 120 Å². The van der Waals surface area contributed by atoms with Crippen molar-refractivity contribution in [3.05, 3.63) is 70.5 Å². The molecule has 0 bridgehead atoms. The Hall–Kier alpha value is -1.88. The van der Waals surface area contributed by atoms with Gasteiger partial charge in [-0.2, -0.15) is 13.2 Å². The summed E-state index contributed by atoms with van der Waals surface area (Å²) < 4.78 is 50.6. The van der Waals surface area contributed by atoms with Crippen LogP contribution in [0.25, 0.3) is 0 Å². The van der Waals surface area contributed by atoms with E-state index in [4.69, 9.17) is 5.73 Å². The van der Waals surface area contributed by atoms with Crippen molar-refractivity contribution in [1.29, 1.82) is 0 Å². The first-order valence-electron chi connectivity index (χ1n) is 6.45.